The lowest BCUT2D eigenvalue weighted by Crippen LogP contribution is -2.36. The number of rotatable bonds is 4. The highest BCUT2D eigenvalue weighted by molar-refractivity contribution is 5.91. The molecule has 2 heterocycles. The Hall–Kier alpha value is -1.29. The molecule has 2 aliphatic rings. The summed E-state index contributed by atoms with van der Waals surface area (Å²) in [6.07, 6.45) is 8.47. The van der Waals surface area contributed by atoms with E-state index in [0.717, 1.165) is 44.2 Å². The number of piperidine rings is 1. The Bertz CT molecular complexity index is 483. The first kappa shape index (κ1) is 15.6. The molecule has 4 nitrogen and oxygen atoms in total. The van der Waals surface area contributed by atoms with Crippen molar-refractivity contribution in [2.75, 3.05) is 13.1 Å². The van der Waals surface area contributed by atoms with E-state index in [0.29, 0.717) is 11.8 Å². The molecule has 122 valence electrons. The Kier molecular flexibility index (Phi) is 5.19. The summed E-state index contributed by atoms with van der Waals surface area (Å²) in [7, 11) is 0. The van der Waals surface area contributed by atoms with Crippen LogP contribution in [0.1, 0.15) is 68.2 Å². The monoisotopic (exact) mass is 304 g/mol. The number of amides is 1. The van der Waals surface area contributed by atoms with Gasteiger partial charge in [0.25, 0.3) is 5.91 Å². The molecule has 0 spiro atoms. The van der Waals surface area contributed by atoms with Gasteiger partial charge in [-0.15, -0.1) is 0 Å². The maximum Gasteiger partial charge on any atom is 0.287 e. The molecule has 3 rings (SSSR count). The van der Waals surface area contributed by atoms with E-state index in [9.17, 15) is 4.79 Å². The number of nitrogens with one attached hydrogen (secondary N) is 1. The molecule has 0 bridgehead atoms. The summed E-state index contributed by atoms with van der Waals surface area (Å²) in [5.74, 6) is 2.16. The molecular weight excluding hydrogens is 276 g/mol. The minimum absolute atomic E-state index is 0.0505. The van der Waals surface area contributed by atoms with E-state index in [2.05, 4.69) is 17.1 Å². The highest BCUT2D eigenvalue weighted by Crippen LogP contribution is 2.20. The zero-order valence-electron chi connectivity index (χ0n) is 13.6. The number of hydrogen-bond acceptors (Lipinski definition) is 3. The Morgan fingerprint density at radius 3 is 2.64 bits per heavy atom. The van der Waals surface area contributed by atoms with Gasteiger partial charge in [-0.1, -0.05) is 26.2 Å². The third-order valence-electron chi connectivity index (χ3n) is 5.08. The van der Waals surface area contributed by atoms with Crippen LogP contribution in [0.25, 0.3) is 0 Å². The number of hydrogen-bond donors (Lipinski definition) is 1. The van der Waals surface area contributed by atoms with E-state index in [-0.39, 0.29) is 5.91 Å². The van der Waals surface area contributed by atoms with Gasteiger partial charge >= 0.3 is 0 Å². The molecule has 1 aliphatic carbocycles. The molecule has 2 fully saturated rings. The standard InChI is InChI=1S/C18H28N2O2/c1-14-9-11-20(12-10-14)13-16-7-8-17(22-16)18(21)19-15-5-3-2-4-6-15/h7-8,14-15H,2-6,9-13H2,1H3,(H,19,21). The molecule has 1 aromatic heterocycles. The van der Waals surface area contributed by atoms with Gasteiger partial charge < -0.3 is 9.73 Å². The van der Waals surface area contributed by atoms with E-state index in [1.165, 1.54) is 32.1 Å². The average molecular weight is 304 g/mol. The van der Waals surface area contributed by atoms with Crippen LogP contribution in [0.3, 0.4) is 0 Å². The van der Waals surface area contributed by atoms with Crippen LogP contribution in [0.4, 0.5) is 0 Å². The Morgan fingerprint density at radius 2 is 1.91 bits per heavy atom. The second kappa shape index (κ2) is 7.32. The number of likely N-dealkylation sites (tertiary alicyclic amines) is 1. The zero-order chi connectivity index (χ0) is 15.4. The summed E-state index contributed by atoms with van der Waals surface area (Å²) in [5, 5.41) is 3.11. The molecule has 1 saturated carbocycles. The van der Waals surface area contributed by atoms with Crippen LogP contribution in [0.5, 0.6) is 0 Å². The van der Waals surface area contributed by atoms with Gasteiger partial charge in [-0.2, -0.15) is 0 Å². The van der Waals surface area contributed by atoms with Crippen molar-refractivity contribution < 1.29 is 9.21 Å². The van der Waals surface area contributed by atoms with Gasteiger partial charge in [-0.05, 0) is 56.8 Å². The normalized spacial score (nSPS) is 21.9. The maximum absolute atomic E-state index is 12.2. The van der Waals surface area contributed by atoms with Crippen molar-refractivity contribution in [2.24, 2.45) is 5.92 Å². The summed E-state index contributed by atoms with van der Waals surface area (Å²) in [6.45, 7) is 5.40. The second-order valence-corrected chi connectivity index (χ2v) is 7.03. The number of furan rings is 1. The molecule has 1 aromatic rings. The van der Waals surface area contributed by atoms with Crippen molar-refractivity contribution in [3.8, 4) is 0 Å². The minimum atomic E-state index is -0.0505. The van der Waals surface area contributed by atoms with Gasteiger partial charge in [0.05, 0.1) is 6.54 Å². The van der Waals surface area contributed by atoms with Crippen LogP contribution in [0.15, 0.2) is 16.5 Å². The molecule has 0 radical (unpaired) electrons. The molecular formula is C18H28N2O2. The van der Waals surface area contributed by atoms with Gasteiger partial charge in [-0.25, -0.2) is 0 Å². The summed E-state index contributed by atoms with van der Waals surface area (Å²) in [4.78, 5) is 14.7. The van der Waals surface area contributed by atoms with Crippen LogP contribution >= 0.6 is 0 Å². The fraction of sp³-hybridized carbons (Fsp3) is 0.722. The first-order chi connectivity index (χ1) is 10.7. The lowest BCUT2D eigenvalue weighted by atomic mass is 9.95. The third kappa shape index (κ3) is 4.13. The second-order valence-electron chi connectivity index (χ2n) is 7.03. The fourth-order valence-corrected chi connectivity index (χ4v) is 3.53. The Morgan fingerprint density at radius 1 is 1.18 bits per heavy atom. The van der Waals surface area contributed by atoms with Gasteiger partial charge in [0.1, 0.15) is 5.76 Å². The van der Waals surface area contributed by atoms with Crippen molar-refractivity contribution in [3.63, 3.8) is 0 Å². The predicted octanol–water partition coefficient (Wildman–Crippen LogP) is 3.57. The highest BCUT2D eigenvalue weighted by atomic mass is 16.4. The van der Waals surface area contributed by atoms with E-state index < -0.39 is 0 Å². The van der Waals surface area contributed by atoms with Gasteiger partial charge in [0.2, 0.25) is 0 Å². The van der Waals surface area contributed by atoms with Crippen molar-refractivity contribution >= 4 is 5.91 Å². The molecule has 1 N–H and O–H groups in total. The fourth-order valence-electron chi connectivity index (χ4n) is 3.53. The Labute approximate surface area is 133 Å². The quantitative estimate of drug-likeness (QED) is 0.925. The Balaban J connectivity index is 1.50. The molecule has 22 heavy (non-hydrogen) atoms. The summed E-state index contributed by atoms with van der Waals surface area (Å²) < 4.78 is 5.76. The lowest BCUT2D eigenvalue weighted by molar-refractivity contribution is 0.0894. The topological polar surface area (TPSA) is 45.5 Å². The van der Waals surface area contributed by atoms with E-state index in [1.54, 1.807) is 0 Å². The first-order valence-corrected chi connectivity index (χ1v) is 8.82. The molecule has 1 aliphatic heterocycles. The van der Waals surface area contributed by atoms with Crippen LogP contribution in [-0.4, -0.2) is 29.9 Å². The highest BCUT2D eigenvalue weighted by Gasteiger charge is 2.20. The van der Waals surface area contributed by atoms with Crippen LogP contribution in [0, 0.1) is 5.92 Å². The number of carbonyl (C=O) groups is 1. The zero-order valence-corrected chi connectivity index (χ0v) is 13.6. The molecule has 1 amide bonds. The first-order valence-electron chi connectivity index (χ1n) is 8.82. The van der Waals surface area contributed by atoms with Crippen LogP contribution in [0.2, 0.25) is 0 Å². The van der Waals surface area contributed by atoms with Crippen LogP contribution in [-0.2, 0) is 6.54 Å². The molecule has 0 aromatic carbocycles. The molecule has 1 saturated heterocycles. The van der Waals surface area contributed by atoms with Crippen molar-refractivity contribution in [2.45, 2.75) is 64.5 Å². The van der Waals surface area contributed by atoms with Gasteiger partial charge in [0.15, 0.2) is 5.76 Å². The summed E-state index contributed by atoms with van der Waals surface area (Å²) in [6, 6.07) is 4.10. The summed E-state index contributed by atoms with van der Waals surface area (Å²) >= 11 is 0. The van der Waals surface area contributed by atoms with E-state index in [1.807, 2.05) is 12.1 Å². The van der Waals surface area contributed by atoms with Gasteiger partial charge in [-0.3, -0.25) is 9.69 Å². The third-order valence-corrected chi connectivity index (χ3v) is 5.08. The van der Waals surface area contributed by atoms with Crippen LogP contribution < -0.4 is 5.32 Å². The number of carbonyl (C=O) groups excluding carboxylic acids is 1. The predicted molar refractivity (Wildman–Crippen MR) is 86.7 cm³/mol. The SMILES string of the molecule is CC1CCN(Cc2ccc(C(=O)NC3CCCCC3)o2)CC1. The lowest BCUT2D eigenvalue weighted by Gasteiger charge is -2.29. The van der Waals surface area contributed by atoms with Gasteiger partial charge in [0, 0.05) is 6.04 Å². The molecule has 0 atom stereocenters. The van der Waals surface area contributed by atoms with E-state index in [4.69, 9.17) is 4.42 Å². The molecule has 4 heteroatoms. The smallest absolute Gasteiger partial charge is 0.287 e. The number of nitrogens with zero attached hydrogens (tertiary/aromatic N) is 1. The average Bonchev–Trinajstić information content (AvgIpc) is 2.99. The molecule has 0 unspecified atom stereocenters. The van der Waals surface area contributed by atoms with Crippen molar-refractivity contribution in [1.29, 1.82) is 0 Å². The minimum Gasteiger partial charge on any atom is -0.455 e. The van der Waals surface area contributed by atoms with Crippen molar-refractivity contribution in [1.82, 2.24) is 10.2 Å². The maximum atomic E-state index is 12.2. The largest absolute Gasteiger partial charge is 0.455 e. The van der Waals surface area contributed by atoms with Crippen molar-refractivity contribution in [3.05, 3.63) is 23.7 Å². The van der Waals surface area contributed by atoms with E-state index >= 15 is 0 Å². The summed E-state index contributed by atoms with van der Waals surface area (Å²) in [5.41, 5.74) is 0.